The predicted molar refractivity (Wildman–Crippen MR) is 123 cm³/mol. The minimum Gasteiger partial charge on any atom is -0.479 e. The highest BCUT2D eigenvalue weighted by molar-refractivity contribution is 6.30. The number of halogens is 1. The molecule has 0 bridgehead atoms. The second-order valence-electron chi connectivity index (χ2n) is 8.71. The average Bonchev–Trinajstić information content (AvgIpc) is 3.17. The van der Waals surface area contributed by atoms with E-state index in [4.69, 9.17) is 22.7 Å². The zero-order valence-corrected chi connectivity index (χ0v) is 18.2. The van der Waals surface area contributed by atoms with Crippen LogP contribution in [0.1, 0.15) is 31.3 Å². The molecule has 5 N–H and O–H groups in total. The molecule has 1 atom stereocenters. The van der Waals surface area contributed by atoms with E-state index < -0.39 is 12.0 Å². The summed E-state index contributed by atoms with van der Waals surface area (Å²) in [6.07, 6.45) is 0.810. The number of hydrogen-bond donors (Lipinski definition) is 4. The SMILES string of the molecule is CC1(C)Cc2c(-c3ccccc3)c(-c3ccc(Cl)cc3)c(C(NC(=N)N)C(=O)O)n2C1. The van der Waals surface area contributed by atoms with E-state index in [0.717, 1.165) is 34.4 Å². The maximum absolute atomic E-state index is 12.3. The lowest BCUT2D eigenvalue weighted by molar-refractivity contribution is -0.139. The van der Waals surface area contributed by atoms with E-state index in [2.05, 4.69) is 23.7 Å². The summed E-state index contributed by atoms with van der Waals surface area (Å²) in [4.78, 5) is 12.3. The molecule has 1 unspecified atom stereocenters. The van der Waals surface area contributed by atoms with Crippen LogP contribution in [0.5, 0.6) is 0 Å². The maximum atomic E-state index is 12.3. The van der Waals surface area contributed by atoms with E-state index in [1.165, 1.54) is 0 Å². The zero-order valence-electron chi connectivity index (χ0n) is 17.4. The van der Waals surface area contributed by atoms with Gasteiger partial charge >= 0.3 is 5.97 Å². The zero-order chi connectivity index (χ0) is 22.3. The Hall–Kier alpha value is -3.25. The van der Waals surface area contributed by atoms with Crippen molar-refractivity contribution >= 4 is 23.5 Å². The molecule has 160 valence electrons. The summed E-state index contributed by atoms with van der Waals surface area (Å²) in [5.74, 6) is -1.47. The summed E-state index contributed by atoms with van der Waals surface area (Å²) in [6.45, 7) is 5.03. The van der Waals surface area contributed by atoms with Gasteiger partial charge < -0.3 is 20.7 Å². The molecule has 2 heterocycles. The molecular weight excluding hydrogens is 412 g/mol. The van der Waals surface area contributed by atoms with Crippen LogP contribution in [-0.2, 0) is 17.8 Å². The molecule has 0 fully saturated rings. The van der Waals surface area contributed by atoms with Gasteiger partial charge in [-0.1, -0.05) is 67.9 Å². The normalized spacial score (nSPS) is 15.3. The standard InChI is InChI=1S/C24H25ClN4O2/c1-24(2)12-17-18(14-6-4-3-5-7-14)19(15-8-10-16(25)11-9-15)21(29(17)13-24)20(22(30)31)28-23(26)27/h3-11,20H,12-13H2,1-2H3,(H,30,31)(H4,26,27,28). The number of guanidine groups is 1. The molecule has 3 aromatic rings. The number of aromatic nitrogens is 1. The minimum atomic E-state index is -1.16. The second-order valence-corrected chi connectivity index (χ2v) is 9.15. The molecular formula is C24H25ClN4O2. The first kappa shape index (κ1) is 21.0. The third-order valence-corrected chi connectivity index (χ3v) is 5.91. The van der Waals surface area contributed by atoms with Crippen molar-refractivity contribution in [2.45, 2.75) is 32.9 Å². The highest BCUT2D eigenvalue weighted by atomic mass is 35.5. The number of nitrogens with zero attached hydrogens (tertiary/aromatic N) is 1. The summed E-state index contributed by atoms with van der Waals surface area (Å²) in [6, 6.07) is 16.3. The van der Waals surface area contributed by atoms with Gasteiger partial charge in [0.05, 0.1) is 5.69 Å². The average molecular weight is 437 g/mol. The van der Waals surface area contributed by atoms with Crippen LogP contribution in [0.2, 0.25) is 5.02 Å². The molecule has 31 heavy (non-hydrogen) atoms. The number of carboxylic acid groups (broad SMARTS) is 1. The Morgan fingerprint density at radius 1 is 1.13 bits per heavy atom. The summed E-state index contributed by atoms with van der Waals surface area (Å²) >= 11 is 6.13. The van der Waals surface area contributed by atoms with Crippen molar-refractivity contribution in [1.29, 1.82) is 5.41 Å². The summed E-state index contributed by atoms with van der Waals surface area (Å²) in [5.41, 5.74) is 11.0. The van der Waals surface area contributed by atoms with E-state index in [-0.39, 0.29) is 11.4 Å². The Balaban J connectivity index is 2.09. The van der Waals surface area contributed by atoms with E-state index >= 15 is 0 Å². The van der Waals surface area contributed by atoms with Gasteiger partial charge in [0, 0.05) is 28.4 Å². The van der Waals surface area contributed by atoms with Crippen molar-refractivity contribution in [2.75, 3.05) is 0 Å². The third kappa shape index (κ3) is 3.91. The van der Waals surface area contributed by atoms with Crippen LogP contribution < -0.4 is 11.1 Å². The topological polar surface area (TPSA) is 104 Å². The number of nitrogens with two attached hydrogens (primary N) is 1. The van der Waals surface area contributed by atoms with Crippen LogP contribution in [0.3, 0.4) is 0 Å². The molecule has 0 saturated heterocycles. The van der Waals surface area contributed by atoms with Gasteiger partial charge in [-0.3, -0.25) is 5.41 Å². The van der Waals surface area contributed by atoms with E-state index in [0.29, 0.717) is 17.3 Å². The van der Waals surface area contributed by atoms with Crippen molar-refractivity contribution in [3.8, 4) is 22.3 Å². The summed E-state index contributed by atoms with van der Waals surface area (Å²) in [5, 5.41) is 21.0. The highest BCUT2D eigenvalue weighted by Crippen LogP contribution is 2.48. The van der Waals surface area contributed by atoms with E-state index in [1.807, 2.05) is 42.5 Å². The van der Waals surface area contributed by atoms with Gasteiger partial charge in [0.1, 0.15) is 0 Å². The van der Waals surface area contributed by atoms with Crippen molar-refractivity contribution in [2.24, 2.45) is 11.1 Å². The molecule has 0 amide bonds. The molecule has 4 rings (SSSR count). The number of carboxylic acids is 1. The molecule has 0 radical (unpaired) electrons. The largest absolute Gasteiger partial charge is 0.479 e. The Labute approximate surface area is 186 Å². The molecule has 0 aliphatic carbocycles. The Morgan fingerprint density at radius 3 is 2.32 bits per heavy atom. The van der Waals surface area contributed by atoms with Crippen molar-refractivity contribution in [1.82, 2.24) is 9.88 Å². The van der Waals surface area contributed by atoms with Crippen LogP contribution >= 0.6 is 11.6 Å². The van der Waals surface area contributed by atoms with Crippen LogP contribution in [0.25, 0.3) is 22.3 Å². The first-order chi connectivity index (χ1) is 14.7. The number of carbonyl (C=O) groups is 1. The van der Waals surface area contributed by atoms with Gasteiger partial charge in [0.2, 0.25) is 0 Å². The number of hydrogen-bond acceptors (Lipinski definition) is 2. The predicted octanol–water partition coefficient (Wildman–Crippen LogP) is 4.67. The fourth-order valence-corrected chi connectivity index (χ4v) is 4.64. The number of benzene rings is 2. The second kappa shape index (κ2) is 7.78. The van der Waals surface area contributed by atoms with Crippen LogP contribution in [-0.4, -0.2) is 21.6 Å². The first-order valence-electron chi connectivity index (χ1n) is 10.1. The Kier molecular flexibility index (Phi) is 5.27. The van der Waals surface area contributed by atoms with Gasteiger partial charge in [-0.2, -0.15) is 0 Å². The molecule has 1 aromatic heterocycles. The molecule has 1 aliphatic heterocycles. The van der Waals surface area contributed by atoms with Gasteiger partial charge in [0.25, 0.3) is 0 Å². The van der Waals surface area contributed by atoms with E-state index in [1.54, 1.807) is 12.1 Å². The van der Waals surface area contributed by atoms with Crippen LogP contribution in [0, 0.1) is 10.8 Å². The van der Waals surface area contributed by atoms with Crippen LogP contribution in [0.15, 0.2) is 54.6 Å². The van der Waals surface area contributed by atoms with Gasteiger partial charge in [-0.05, 0) is 35.1 Å². The highest BCUT2D eigenvalue weighted by Gasteiger charge is 2.40. The lowest BCUT2D eigenvalue weighted by Crippen LogP contribution is -2.39. The Morgan fingerprint density at radius 2 is 1.74 bits per heavy atom. The number of aliphatic carboxylic acids is 1. The lowest BCUT2D eigenvalue weighted by Gasteiger charge is -2.22. The quantitative estimate of drug-likeness (QED) is 0.344. The van der Waals surface area contributed by atoms with Crippen molar-refractivity contribution in [3.63, 3.8) is 0 Å². The van der Waals surface area contributed by atoms with Crippen LogP contribution in [0.4, 0.5) is 0 Å². The van der Waals surface area contributed by atoms with Crippen molar-refractivity contribution in [3.05, 3.63) is 71.0 Å². The first-order valence-corrected chi connectivity index (χ1v) is 10.5. The molecule has 7 heteroatoms. The number of nitrogens with one attached hydrogen (secondary N) is 2. The van der Waals surface area contributed by atoms with Gasteiger partial charge in [0.15, 0.2) is 12.0 Å². The molecule has 2 aromatic carbocycles. The van der Waals surface area contributed by atoms with Gasteiger partial charge in [-0.25, -0.2) is 4.79 Å². The molecule has 0 saturated carbocycles. The maximum Gasteiger partial charge on any atom is 0.332 e. The summed E-state index contributed by atoms with van der Waals surface area (Å²) < 4.78 is 2.10. The van der Waals surface area contributed by atoms with E-state index in [9.17, 15) is 9.90 Å². The molecule has 6 nitrogen and oxygen atoms in total. The fourth-order valence-electron chi connectivity index (χ4n) is 4.52. The van der Waals surface area contributed by atoms with Crippen molar-refractivity contribution < 1.29 is 9.90 Å². The smallest absolute Gasteiger partial charge is 0.332 e. The number of rotatable bonds is 5. The Bertz CT molecular complexity index is 1150. The molecule has 0 spiro atoms. The number of fused-ring (bicyclic) bond motifs is 1. The van der Waals surface area contributed by atoms with Gasteiger partial charge in [-0.15, -0.1) is 0 Å². The molecule has 1 aliphatic rings. The lowest BCUT2D eigenvalue weighted by atomic mass is 9.86. The monoisotopic (exact) mass is 436 g/mol. The fraction of sp³-hybridized carbons (Fsp3) is 0.250. The minimum absolute atomic E-state index is 0.0224. The summed E-state index contributed by atoms with van der Waals surface area (Å²) in [7, 11) is 0. The third-order valence-electron chi connectivity index (χ3n) is 5.66.